The van der Waals surface area contributed by atoms with Gasteiger partial charge in [0.15, 0.2) is 0 Å². The van der Waals surface area contributed by atoms with E-state index in [0.717, 1.165) is 11.6 Å². The number of carbonyl (C=O) groups is 2. The van der Waals surface area contributed by atoms with Gasteiger partial charge in [0.05, 0.1) is 17.7 Å². The molecule has 2 amide bonds. The standard InChI is InChI=1S/C18H20N2O3/c1-14-8-4-5-11-19(14)12-6-7-13-23-20-17(21)15-9-2-3-10-16(15)18(20)22/h2-3,9-10,14H,4-5,8,11-13H2,1H3/t14-/m1/s1. The maximum Gasteiger partial charge on any atom is 0.285 e. The highest BCUT2D eigenvalue weighted by atomic mass is 16.7. The summed E-state index contributed by atoms with van der Waals surface area (Å²) >= 11 is 0. The number of imide groups is 1. The van der Waals surface area contributed by atoms with Crippen LogP contribution in [0, 0.1) is 11.8 Å². The third-order valence-electron chi connectivity index (χ3n) is 4.37. The number of hydroxylamine groups is 2. The number of fused-ring (bicyclic) bond motifs is 1. The summed E-state index contributed by atoms with van der Waals surface area (Å²) < 4.78 is 0. The van der Waals surface area contributed by atoms with E-state index < -0.39 is 11.8 Å². The number of carbonyl (C=O) groups excluding carboxylic acids is 2. The molecule has 0 unspecified atom stereocenters. The molecular formula is C18H20N2O3. The zero-order valence-corrected chi connectivity index (χ0v) is 13.2. The van der Waals surface area contributed by atoms with Gasteiger partial charge in [0.1, 0.15) is 6.61 Å². The minimum atomic E-state index is -0.419. The van der Waals surface area contributed by atoms with Gasteiger partial charge in [-0.05, 0) is 38.4 Å². The number of rotatable bonds is 3. The van der Waals surface area contributed by atoms with E-state index in [4.69, 9.17) is 4.84 Å². The van der Waals surface area contributed by atoms with Crippen LogP contribution in [-0.2, 0) is 4.84 Å². The topological polar surface area (TPSA) is 49.9 Å². The molecule has 0 aliphatic carbocycles. The maximum absolute atomic E-state index is 12.1. The lowest BCUT2D eigenvalue weighted by molar-refractivity contribution is -0.0782. The Morgan fingerprint density at radius 1 is 1.13 bits per heavy atom. The van der Waals surface area contributed by atoms with Crippen molar-refractivity contribution in [1.82, 2.24) is 9.96 Å². The highest BCUT2D eigenvalue weighted by Crippen LogP contribution is 2.22. The predicted molar refractivity (Wildman–Crippen MR) is 85.6 cm³/mol. The molecule has 1 aromatic rings. The average molecular weight is 312 g/mol. The zero-order chi connectivity index (χ0) is 16.2. The predicted octanol–water partition coefficient (Wildman–Crippen LogP) is 2.09. The number of likely N-dealkylation sites (tertiary alicyclic amines) is 1. The van der Waals surface area contributed by atoms with E-state index in [1.54, 1.807) is 24.3 Å². The Labute approximate surface area is 136 Å². The van der Waals surface area contributed by atoms with E-state index in [2.05, 4.69) is 23.7 Å². The molecule has 5 heteroatoms. The first-order valence-electron chi connectivity index (χ1n) is 7.99. The Hall–Kier alpha value is -2.16. The average Bonchev–Trinajstić information content (AvgIpc) is 2.81. The van der Waals surface area contributed by atoms with Crippen molar-refractivity contribution in [3.8, 4) is 11.8 Å². The molecular weight excluding hydrogens is 292 g/mol. The first-order chi connectivity index (χ1) is 11.2. The van der Waals surface area contributed by atoms with Crippen molar-refractivity contribution >= 4 is 11.8 Å². The molecule has 2 heterocycles. The van der Waals surface area contributed by atoms with Crippen LogP contribution in [0.3, 0.4) is 0 Å². The fourth-order valence-electron chi connectivity index (χ4n) is 2.98. The number of piperidine rings is 1. The lowest BCUT2D eigenvalue weighted by atomic mass is 10.0. The van der Waals surface area contributed by atoms with Crippen LogP contribution in [0.2, 0.25) is 0 Å². The van der Waals surface area contributed by atoms with E-state index in [1.165, 1.54) is 19.3 Å². The van der Waals surface area contributed by atoms with E-state index in [9.17, 15) is 9.59 Å². The summed E-state index contributed by atoms with van der Waals surface area (Å²) in [5, 5.41) is 0.808. The van der Waals surface area contributed by atoms with Crippen LogP contribution in [0.25, 0.3) is 0 Å². The molecule has 0 aromatic heterocycles. The lowest BCUT2D eigenvalue weighted by Gasteiger charge is -2.31. The van der Waals surface area contributed by atoms with Crippen LogP contribution in [0.4, 0.5) is 0 Å². The zero-order valence-electron chi connectivity index (χ0n) is 13.2. The maximum atomic E-state index is 12.1. The summed E-state index contributed by atoms with van der Waals surface area (Å²) in [5.74, 6) is 5.11. The Balaban J connectivity index is 1.51. The Kier molecular flexibility index (Phi) is 4.75. The van der Waals surface area contributed by atoms with Gasteiger partial charge in [-0.25, -0.2) is 4.84 Å². The molecule has 1 fully saturated rings. The molecule has 0 N–H and O–H groups in total. The van der Waals surface area contributed by atoms with Gasteiger partial charge < -0.3 is 0 Å². The molecule has 0 bridgehead atoms. The highest BCUT2D eigenvalue weighted by molar-refractivity contribution is 6.20. The molecule has 0 spiro atoms. The van der Waals surface area contributed by atoms with Crippen LogP contribution >= 0.6 is 0 Å². The molecule has 1 atom stereocenters. The number of benzene rings is 1. The molecule has 2 aliphatic rings. The third kappa shape index (κ3) is 3.29. The summed E-state index contributed by atoms with van der Waals surface area (Å²) in [5.41, 5.74) is 0.764. The fourth-order valence-corrected chi connectivity index (χ4v) is 2.98. The SMILES string of the molecule is C[C@@H]1CCCCN1CC#CCON1C(=O)c2ccccc2C1=O. The van der Waals surface area contributed by atoms with Crippen molar-refractivity contribution in [3.05, 3.63) is 35.4 Å². The molecule has 0 radical (unpaired) electrons. The van der Waals surface area contributed by atoms with Crippen LogP contribution < -0.4 is 0 Å². The molecule has 120 valence electrons. The highest BCUT2D eigenvalue weighted by Gasteiger charge is 2.36. The quantitative estimate of drug-likeness (QED) is 0.633. The second-order valence-electron chi connectivity index (χ2n) is 5.89. The third-order valence-corrected chi connectivity index (χ3v) is 4.37. The molecule has 1 saturated heterocycles. The van der Waals surface area contributed by atoms with Crippen LogP contribution in [-0.4, -0.2) is 47.5 Å². The normalized spacial score (nSPS) is 21.1. The van der Waals surface area contributed by atoms with Crippen LogP contribution in [0.5, 0.6) is 0 Å². The van der Waals surface area contributed by atoms with Gasteiger partial charge >= 0.3 is 0 Å². The van der Waals surface area contributed by atoms with Crippen molar-refractivity contribution in [1.29, 1.82) is 0 Å². The van der Waals surface area contributed by atoms with Gasteiger partial charge in [-0.15, -0.1) is 5.06 Å². The van der Waals surface area contributed by atoms with Crippen molar-refractivity contribution in [2.75, 3.05) is 19.7 Å². The molecule has 0 saturated carbocycles. The summed E-state index contributed by atoms with van der Waals surface area (Å²) in [6.45, 7) is 4.03. The fraction of sp³-hybridized carbons (Fsp3) is 0.444. The van der Waals surface area contributed by atoms with Crippen molar-refractivity contribution in [3.63, 3.8) is 0 Å². The van der Waals surface area contributed by atoms with E-state index >= 15 is 0 Å². The van der Waals surface area contributed by atoms with E-state index in [1.807, 2.05) is 0 Å². The molecule has 1 aromatic carbocycles. The summed E-state index contributed by atoms with van der Waals surface area (Å²) in [4.78, 5) is 31.8. The van der Waals surface area contributed by atoms with Gasteiger partial charge in [0.2, 0.25) is 0 Å². The molecule has 5 nitrogen and oxygen atoms in total. The van der Waals surface area contributed by atoms with E-state index in [-0.39, 0.29) is 6.61 Å². The summed E-state index contributed by atoms with van der Waals surface area (Å²) in [6.07, 6.45) is 3.72. The van der Waals surface area contributed by atoms with Crippen LogP contribution in [0.15, 0.2) is 24.3 Å². The second kappa shape index (κ2) is 6.95. The lowest BCUT2D eigenvalue weighted by Crippen LogP contribution is -2.37. The largest absolute Gasteiger partial charge is 0.290 e. The number of hydrogen-bond donors (Lipinski definition) is 0. The van der Waals surface area contributed by atoms with Gasteiger partial charge in [-0.1, -0.05) is 30.4 Å². The number of hydrogen-bond acceptors (Lipinski definition) is 4. The summed E-state index contributed by atoms with van der Waals surface area (Å²) in [6, 6.07) is 7.28. The van der Waals surface area contributed by atoms with Crippen molar-refractivity contribution in [2.24, 2.45) is 0 Å². The minimum Gasteiger partial charge on any atom is -0.290 e. The summed E-state index contributed by atoms with van der Waals surface area (Å²) in [7, 11) is 0. The van der Waals surface area contributed by atoms with Crippen LogP contribution in [0.1, 0.15) is 46.9 Å². The second-order valence-corrected chi connectivity index (χ2v) is 5.89. The first kappa shape index (κ1) is 15.7. The number of amides is 2. The molecule has 2 aliphatic heterocycles. The minimum absolute atomic E-state index is 0.0354. The van der Waals surface area contributed by atoms with Gasteiger partial charge in [-0.3, -0.25) is 14.5 Å². The van der Waals surface area contributed by atoms with E-state index in [0.29, 0.717) is 23.7 Å². The Morgan fingerprint density at radius 3 is 2.48 bits per heavy atom. The van der Waals surface area contributed by atoms with Crippen molar-refractivity contribution < 1.29 is 14.4 Å². The first-order valence-corrected chi connectivity index (χ1v) is 7.99. The smallest absolute Gasteiger partial charge is 0.285 e. The Bertz CT molecular complexity index is 639. The molecule has 23 heavy (non-hydrogen) atoms. The van der Waals surface area contributed by atoms with Gasteiger partial charge in [0, 0.05) is 6.04 Å². The monoisotopic (exact) mass is 312 g/mol. The van der Waals surface area contributed by atoms with Gasteiger partial charge in [-0.2, -0.15) is 0 Å². The molecule has 3 rings (SSSR count). The Morgan fingerprint density at radius 2 is 1.83 bits per heavy atom. The van der Waals surface area contributed by atoms with Crippen molar-refractivity contribution in [2.45, 2.75) is 32.2 Å². The van der Waals surface area contributed by atoms with Gasteiger partial charge in [0.25, 0.3) is 11.8 Å². The number of nitrogens with zero attached hydrogens (tertiary/aromatic N) is 2.